The minimum atomic E-state index is 0.220. The third kappa shape index (κ3) is 6.06. The van der Waals surface area contributed by atoms with E-state index < -0.39 is 0 Å². The van der Waals surface area contributed by atoms with E-state index in [1.807, 2.05) is 0 Å². The van der Waals surface area contributed by atoms with Crippen LogP contribution >= 0.6 is 0 Å². The van der Waals surface area contributed by atoms with Gasteiger partial charge in [0.1, 0.15) is 0 Å². The van der Waals surface area contributed by atoms with Crippen molar-refractivity contribution in [1.82, 2.24) is 5.32 Å². The molecule has 20 heavy (non-hydrogen) atoms. The number of hydrogen-bond donors (Lipinski definition) is 2. The Labute approximate surface area is 124 Å². The molecular formula is C18H31NO. The average molecular weight is 277 g/mol. The van der Waals surface area contributed by atoms with Crippen molar-refractivity contribution in [2.75, 3.05) is 13.2 Å². The molecule has 0 heterocycles. The van der Waals surface area contributed by atoms with Crippen LogP contribution < -0.4 is 5.32 Å². The van der Waals surface area contributed by atoms with Crippen LogP contribution in [0.1, 0.15) is 58.6 Å². The smallest absolute Gasteiger partial charge is 0.0431 e. The number of aliphatic hydroxyl groups excluding tert-OH is 1. The molecule has 0 saturated heterocycles. The van der Waals surface area contributed by atoms with Gasteiger partial charge in [-0.3, -0.25) is 0 Å². The first-order valence-electron chi connectivity index (χ1n) is 7.66. The fraction of sp³-hybridized carbons (Fsp3) is 0.667. The van der Waals surface area contributed by atoms with Crippen molar-refractivity contribution in [2.45, 2.75) is 59.4 Å². The van der Waals surface area contributed by atoms with Crippen molar-refractivity contribution in [2.24, 2.45) is 5.41 Å². The number of hydrogen-bond acceptors (Lipinski definition) is 2. The maximum absolute atomic E-state index is 8.90. The van der Waals surface area contributed by atoms with Crippen LogP contribution in [0.4, 0.5) is 0 Å². The lowest BCUT2D eigenvalue weighted by molar-refractivity contribution is 0.236. The highest BCUT2D eigenvalue weighted by molar-refractivity contribution is 5.27. The number of benzene rings is 1. The zero-order valence-corrected chi connectivity index (χ0v) is 13.8. The molecule has 0 aromatic heterocycles. The highest BCUT2D eigenvalue weighted by atomic mass is 16.2. The Morgan fingerprint density at radius 2 is 1.60 bits per heavy atom. The Morgan fingerprint density at radius 1 is 1.00 bits per heavy atom. The Hall–Kier alpha value is -0.860. The summed E-state index contributed by atoms with van der Waals surface area (Å²) in [6.07, 6.45) is 1.94. The van der Waals surface area contributed by atoms with Crippen molar-refractivity contribution in [3.8, 4) is 0 Å². The van der Waals surface area contributed by atoms with E-state index in [9.17, 15) is 0 Å². The molecule has 114 valence electrons. The van der Waals surface area contributed by atoms with Gasteiger partial charge in [0.05, 0.1) is 0 Å². The molecule has 0 bridgehead atoms. The summed E-state index contributed by atoms with van der Waals surface area (Å²) in [4.78, 5) is 0. The van der Waals surface area contributed by atoms with E-state index in [4.69, 9.17) is 5.11 Å². The zero-order chi connectivity index (χ0) is 15.2. The average Bonchev–Trinajstić information content (AvgIpc) is 2.36. The van der Waals surface area contributed by atoms with E-state index in [0.29, 0.717) is 0 Å². The van der Waals surface area contributed by atoms with Crippen LogP contribution in [0.2, 0.25) is 0 Å². The van der Waals surface area contributed by atoms with Crippen LogP contribution in [-0.2, 0) is 12.0 Å². The van der Waals surface area contributed by atoms with Crippen LogP contribution in [0.25, 0.3) is 0 Å². The molecule has 0 fully saturated rings. The fourth-order valence-electron chi connectivity index (χ4n) is 2.31. The van der Waals surface area contributed by atoms with Crippen molar-refractivity contribution >= 4 is 0 Å². The molecule has 0 radical (unpaired) electrons. The Morgan fingerprint density at radius 3 is 2.10 bits per heavy atom. The van der Waals surface area contributed by atoms with Gasteiger partial charge in [-0.1, -0.05) is 58.9 Å². The predicted molar refractivity (Wildman–Crippen MR) is 86.9 cm³/mol. The number of rotatable bonds is 7. The SMILES string of the molecule is CC(C)(CCCO)CNCc1ccc(C(C)(C)C)cc1. The van der Waals surface area contributed by atoms with Crippen LogP contribution in [0, 0.1) is 5.41 Å². The normalized spacial score (nSPS) is 12.7. The van der Waals surface area contributed by atoms with E-state index in [0.717, 1.165) is 25.9 Å². The van der Waals surface area contributed by atoms with Crippen molar-refractivity contribution in [1.29, 1.82) is 0 Å². The van der Waals surface area contributed by atoms with E-state index in [2.05, 4.69) is 64.2 Å². The first kappa shape index (κ1) is 17.2. The zero-order valence-electron chi connectivity index (χ0n) is 13.8. The molecular weight excluding hydrogens is 246 g/mol. The summed E-state index contributed by atoms with van der Waals surface area (Å²) >= 11 is 0. The molecule has 0 aliphatic carbocycles. The topological polar surface area (TPSA) is 32.3 Å². The Bertz CT molecular complexity index is 387. The lowest BCUT2D eigenvalue weighted by Crippen LogP contribution is -2.29. The largest absolute Gasteiger partial charge is 0.396 e. The van der Waals surface area contributed by atoms with Gasteiger partial charge >= 0.3 is 0 Å². The van der Waals surface area contributed by atoms with Crippen molar-refractivity contribution in [3.63, 3.8) is 0 Å². The molecule has 1 aromatic carbocycles. The van der Waals surface area contributed by atoms with Crippen molar-refractivity contribution in [3.05, 3.63) is 35.4 Å². The molecule has 2 heteroatoms. The predicted octanol–water partition coefficient (Wildman–Crippen LogP) is 3.87. The third-order valence-corrected chi connectivity index (χ3v) is 3.76. The second kappa shape index (κ2) is 7.24. The van der Waals surface area contributed by atoms with Gasteiger partial charge in [0.15, 0.2) is 0 Å². The summed E-state index contributed by atoms with van der Waals surface area (Å²) in [7, 11) is 0. The summed E-state index contributed by atoms with van der Waals surface area (Å²) in [6, 6.07) is 8.89. The molecule has 0 aliphatic rings. The van der Waals surface area contributed by atoms with Gasteiger partial charge < -0.3 is 10.4 Å². The fourth-order valence-corrected chi connectivity index (χ4v) is 2.31. The van der Waals surface area contributed by atoms with Gasteiger partial charge in [-0.15, -0.1) is 0 Å². The van der Waals surface area contributed by atoms with Crippen LogP contribution in [0.3, 0.4) is 0 Å². The molecule has 0 unspecified atom stereocenters. The van der Waals surface area contributed by atoms with E-state index in [1.165, 1.54) is 11.1 Å². The molecule has 2 N–H and O–H groups in total. The van der Waals surface area contributed by atoms with Gasteiger partial charge in [-0.2, -0.15) is 0 Å². The second-order valence-corrected chi connectivity index (χ2v) is 7.54. The quantitative estimate of drug-likeness (QED) is 0.793. The third-order valence-electron chi connectivity index (χ3n) is 3.76. The van der Waals surface area contributed by atoms with Crippen LogP contribution in [0.5, 0.6) is 0 Å². The summed E-state index contributed by atoms with van der Waals surface area (Å²) < 4.78 is 0. The summed E-state index contributed by atoms with van der Waals surface area (Å²) in [5.74, 6) is 0. The number of nitrogens with one attached hydrogen (secondary N) is 1. The summed E-state index contributed by atoms with van der Waals surface area (Å²) in [5.41, 5.74) is 3.17. The van der Waals surface area contributed by atoms with Gasteiger partial charge in [0.2, 0.25) is 0 Å². The molecule has 2 nitrogen and oxygen atoms in total. The maximum Gasteiger partial charge on any atom is 0.0431 e. The van der Waals surface area contributed by atoms with Crippen LogP contribution in [0.15, 0.2) is 24.3 Å². The number of aliphatic hydroxyl groups is 1. The van der Waals surface area contributed by atoms with Gasteiger partial charge in [-0.25, -0.2) is 0 Å². The highest BCUT2D eigenvalue weighted by Gasteiger charge is 2.16. The van der Waals surface area contributed by atoms with Crippen LogP contribution in [-0.4, -0.2) is 18.3 Å². The Kier molecular flexibility index (Phi) is 6.22. The monoisotopic (exact) mass is 277 g/mol. The Balaban J connectivity index is 2.43. The van der Waals surface area contributed by atoms with E-state index >= 15 is 0 Å². The van der Waals surface area contributed by atoms with Gasteiger partial charge in [-0.05, 0) is 34.8 Å². The molecule has 0 saturated carbocycles. The summed E-state index contributed by atoms with van der Waals surface area (Å²) in [6.45, 7) is 13.4. The van der Waals surface area contributed by atoms with E-state index in [1.54, 1.807) is 0 Å². The molecule has 0 spiro atoms. The van der Waals surface area contributed by atoms with E-state index in [-0.39, 0.29) is 17.4 Å². The molecule has 0 atom stereocenters. The van der Waals surface area contributed by atoms with Gasteiger partial charge in [0, 0.05) is 19.7 Å². The second-order valence-electron chi connectivity index (χ2n) is 7.54. The minimum Gasteiger partial charge on any atom is -0.396 e. The van der Waals surface area contributed by atoms with Gasteiger partial charge in [0.25, 0.3) is 0 Å². The highest BCUT2D eigenvalue weighted by Crippen LogP contribution is 2.23. The lowest BCUT2D eigenvalue weighted by atomic mass is 9.86. The van der Waals surface area contributed by atoms with Crippen molar-refractivity contribution < 1.29 is 5.11 Å². The minimum absolute atomic E-state index is 0.220. The first-order valence-corrected chi connectivity index (χ1v) is 7.66. The standard InChI is InChI=1S/C18H31NO/c1-17(2,3)16-9-7-15(8-10-16)13-19-14-18(4,5)11-6-12-20/h7-10,19-20H,6,11-14H2,1-5H3. The first-order chi connectivity index (χ1) is 9.24. The molecule has 1 aromatic rings. The molecule has 1 rings (SSSR count). The molecule has 0 aliphatic heterocycles. The summed E-state index contributed by atoms with van der Waals surface area (Å²) in [5, 5.41) is 12.4. The molecule has 0 amide bonds. The lowest BCUT2D eigenvalue weighted by Gasteiger charge is -2.25. The maximum atomic E-state index is 8.90.